The van der Waals surface area contributed by atoms with Crippen molar-refractivity contribution >= 4 is 23.4 Å². The van der Waals surface area contributed by atoms with Crippen LogP contribution < -0.4 is 10.2 Å². The van der Waals surface area contributed by atoms with E-state index in [1.54, 1.807) is 20.7 Å². The van der Waals surface area contributed by atoms with Gasteiger partial charge in [0.2, 0.25) is 17.7 Å². The van der Waals surface area contributed by atoms with Crippen LogP contribution in [-0.2, 0) is 21.4 Å². The molecule has 0 saturated carbocycles. The van der Waals surface area contributed by atoms with E-state index in [9.17, 15) is 14.4 Å². The van der Waals surface area contributed by atoms with Crippen LogP contribution >= 0.6 is 0 Å². The van der Waals surface area contributed by atoms with Crippen LogP contribution in [0.25, 0.3) is 0 Å². The number of aromatic nitrogens is 2. The van der Waals surface area contributed by atoms with E-state index in [0.29, 0.717) is 19.4 Å². The molecular formula is C15H21N5O3. The van der Waals surface area contributed by atoms with Gasteiger partial charge in [-0.3, -0.25) is 19.1 Å². The minimum absolute atomic E-state index is 0.00849. The summed E-state index contributed by atoms with van der Waals surface area (Å²) in [6, 6.07) is -0.00380. The van der Waals surface area contributed by atoms with Gasteiger partial charge in [0.1, 0.15) is 0 Å². The summed E-state index contributed by atoms with van der Waals surface area (Å²) in [4.78, 5) is 39.3. The topological polar surface area (TPSA) is 87.5 Å². The fourth-order valence-electron chi connectivity index (χ4n) is 3.54. The first-order valence-corrected chi connectivity index (χ1v) is 7.82. The van der Waals surface area contributed by atoms with E-state index in [-0.39, 0.29) is 36.3 Å². The summed E-state index contributed by atoms with van der Waals surface area (Å²) in [5.74, 6) is -0.228. The maximum Gasteiger partial charge on any atom is 0.242 e. The van der Waals surface area contributed by atoms with E-state index in [2.05, 4.69) is 10.4 Å². The molecule has 1 aromatic heterocycles. The molecule has 0 aliphatic carbocycles. The largest absolute Gasteiger partial charge is 0.347 e. The number of nitrogens with one attached hydrogen (secondary N) is 1. The Morgan fingerprint density at radius 1 is 1.35 bits per heavy atom. The van der Waals surface area contributed by atoms with Gasteiger partial charge in [-0.15, -0.1) is 0 Å². The van der Waals surface area contributed by atoms with E-state index < -0.39 is 0 Å². The van der Waals surface area contributed by atoms with Crippen molar-refractivity contribution in [3.8, 4) is 0 Å². The number of amides is 3. The quantitative estimate of drug-likeness (QED) is 0.825. The molecule has 0 spiro atoms. The average Bonchev–Trinajstić information content (AvgIpc) is 3.11. The van der Waals surface area contributed by atoms with E-state index >= 15 is 0 Å². The molecule has 8 nitrogen and oxygen atoms in total. The molecule has 3 amide bonds. The van der Waals surface area contributed by atoms with Crippen molar-refractivity contribution in [2.45, 2.75) is 38.3 Å². The third-order valence-electron chi connectivity index (χ3n) is 4.54. The van der Waals surface area contributed by atoms with Crippen molar-refractivity contribution in [2.75, 3.05) is 18.0 Å². The number of anilines is 1. The standard InChI is InChI=1S/C15H21N5O3/c1-10(21)16-8-15(23)19-6-5-13-12(19)3-4-14(22)20(13)11-7-17-18(2)9-11/h7,9,12-13H,3-6,8H2,1-2H3,(H,16,21)/t12-,13-/m1/s1. The molecule has 0 aromatic carbocycles. The van der Waals surface area contributed by atoms with E-state index in [1.807, 2.05) is 13.2 Å². The molecule has 2 saturated heterocycles. The van der Waals surface area contributed by atoms with Gasteiger partial charge in [0.25, 0.3) is 0 Å². The smallest absolute Gasteiger partial charge is 0.242 e. The Morgan fingerprint density at radius 3 is 2.78 bits per heavy atom. The number of likely N-dealkylation sites (tertiary alicyclic amines) is 1. The molecule has 2 atom stereocenters. The van der Waals surface area contributed by atoms with Gasteiger partial charge in [-0.2, -0.15) is 5.10 Å². The van der Waals surface area contributed by atoms with Gasteiger partial charge < -0.3 is 15.1 Å². The zero-order valence-electron chi connectivity index (χ0n) is 13.4. The average molecular weight is 319 g/mol. The molecule has 2 aliphatic rings. The highest BCUT2D eigenvalue weighted by atomic mass is 16.2. The van der Waals surface area contributed by atoms with Crippen LogP contribution in [0.2, 0.25) is 0 Å². The normalized spacial score (nSPS) is 23.8. The molecular weight excluding hydrogens is 298 g/mol. The first-order valence-electron chi connectivity index (χ1n) is 7.82. The van der Waals surface area contributed by atoms with Gasteiger partial charge in [-0.1, -0.05) is 0 Å². The molecule has 2 aliphatic heterocycles. The summed E-state index contributed by atoms with van der Waals surface area (Å²) < 4.78 is 1.67. The Morgan fingerprint density at radius 2 is 2.13 bits per heavy atom. The molecule has 124 valence electrons. The summed E-state index contributed by atoms with van der Waals surface area (Å²) in [6.07, 6.45) is 5.34. The lowest BCUT2D eigenvalue weighted by Crippen LogP contribution is -2.54. The van der Waals surface area contributed by atoms with Crippen molar-refractivity contribution in [2.24, 2.45) is 7.05 Å². The molecule has 23 heavy (non-hydrogen) atoms. The highest BCUT2D eigenvalue weighted by molar-refractivity contribution is 5.95. The van der Waals surface area contributed by atoms with Crippen LogP contribution in [0.4, 0.5) is 5.69 Å². The third-order valence-corrected chi connectivity index (χ3v) is 4.54. The Labute approximate surface area is 134 Å². The van der Waals surface area contributed by atoms with Crippen molar-refractivity contribution in [1.29, 1.82) is 0 Å². The van der Waals surface area contributed by atoms with Crippen LogP contribution in [-0.4, -0.2) is 57.6 Å². The number of carbonyl (C=O) groups is 3. The number of hydrogen-bond donors (Lipinski definition) is 1. The fourth-order valence-corrected chi connectivity index (χ4v) is 3.54. The lowest BCUT2D eigenvalue weighted by Gasteiger charge is -2.39. The molecule has 1 N–H and O–H groups in total. The summed E-state index contributed by atoms with van der Waals surface area (Å²) in [5, 5.41) is 6.69. The molecule has 0 radical (unpaired) electrons. The Balaban J connectivity index is 1.76. The number of rotatable bonds is 3. The van der Waals surface area contributed by atoms with Gasteiger partial charge in [-0.25, -0.2) is 0 Å². The second-order valence-corrected chi connectivity index (χ2v) is 6.09. The lowest BCUT2D eigenvalue weighted by molar-refractivity contribution is -0.134. The maximum absolute atomic E-state index is 12.4. The molecule has 3 heterocycles. The summed E-state index contributed by atoms with van der Waals surface area (Å²) in [5.41, 5.74) is 0.781. The number of carbonyl (C=O) groups excluding carboxylic acids is 3. The van der Waals surface area contributed by atoms with Crippen molar-refractivity contribution in [3.05, 3.63) is 12.4 Å². The molecule has 3 rings (SSSR count). The summed E-state index contributed by atoms with van der Waals surface area (Å²) in [6.45, 7) is 2.01. The van der Waals surface area contributed by atoms with Gasteiger partial charge in [-0.05, 0) is 12.8 Å². The maximum atomic E-state index is 12.4. The van der Waals surface area contributed by atoms with Crippen LogP contribution in [0.3, 0.4) is 0 Å². The Bertz CT molecular complexity index is 641. The minimum atomic E-state index is -0.218. The van der Waals surface area contributed by atoms with Gasteiger partial charge in [0.05, 0.1) is 30.5 Å². The zero-order chi connectivity index (χ0) is 16.6. The fraction of sp³-hybridized carbons (Fsp3) is 0.600. The van der Waals surface area contributed by atoms with Crippen LogP contribution in [0.15, 0.2) is 12.4 Å². The number of aryl methyl sites for hydroxylation is 1. The minimum Gasteiger partial charge on any atom is -0.347 e. The molecule has 0 bridgehead atoms. The lowest BCUT2D eigenvalue weighted by atomic mass is 9.96. The summed E-state index contributed by atoms with van der Waals surface area (Å²) in [7, 11) is 1.81. The molecule has 1 aromatic rings. The number of fused-ring (bicyclic) bond motifs is 1. The predicted octanol–water partition coefficient (Wildman–Crippen LogP) is -0.347. The Hall–Kier alpha value is -2.38. The summed E-state index contributed by atoms with van der Waals surface area (Å²) >= 11 is 0. The second kappa shape index (κ2) is 6.02. The predicted molar refractivity (Wildman–Crippen MR) is 82.5 cm³/mol. The second-order valence-electron chi connectivity index (χ2n) is 6.09. The number of piperidine rings is 1. The zero-order valence-corrected chi connectivity index (χ0v) is 13.4. The van der Waals surface area contributed by atoms with Crippen molar-refractivity contribution in [3.63, 3.8) is 0 Å². The van der Waals surface area contributed by atoms with Crippen LogP contribution in [0.5, 0.6) is 0 Å². The Kier molecular flexibility index (Phi) is 4.06. The highest BCUT2D eigenvalue weighted by Crippen LogP contribution is 2.34. The van der Waals surface area contributed by atoms with Crippen LogP contribution in [0, 0.1) is 0 Å². The molecule has 8 heteroatoms. The molecule has 0 unspecified atom stereocenters. The molecule has 2 fully saturated rings. The van der Waals surface area contributed by atoms with E-state index in [1.165, 1.54) is 6.92 Å². The van der Waals surface area contributed by atoms with Crippen LogP contribution in [0.1, 0.15) is 26.2 Å². The van der Waals surface area contributed by atoms with Gasteiger partial charge >= 0.3 is 0 Å². The van der Waals surface area contributed by atoms with Gasteiger partial charge in [0.15, 0.2) is 0 Å². The number of hydrogen-bond acceptors (Lipinski definition) is 4. The monoisotopic (exact) mass is 319 g/mol. The first-order chi connectivity index (χ1) is 11.0. The number of nitrogens with zero attached hydrogens (tertiary/aromatic N) is 4. The first kappa shape index (κ1) is 15.5. The SMILES string of the molecule is CC(=O)NCC(=O)N1CC[C@@H]2[C@H]1CCC(=O)N2c1cnn(C)c1. The highest BCUT2D eigenvalue weighted by Gasteiger charge is 2.45. The van der Waals surface area contributed by atoms with Crippen molar-refractivity contribution in [1.82, 2.24) is 20.0 Å². The van der Waals surface area contributed by atoms with Crippen molar-refractivity contribution < 1.29 is 14.4 Å². The van der Waals surface area contributed by atoms with Gasteiger partial charge in [0, 0.05) is 33.1 Å². The third kappa shape index (κ3) is 2.93. The van der Waals surface area contributed by atoms with E-state index in [4.69, 9.17) is 0 Å². The van der Waals surface area contributed by atoms with E-state index in [0.717, 1.165) is 12.1 Å².